The van der Waals surface area contributed by atoms with Crippen molar-refractivity contribution in [1.29, 1.82) is 0 Å². The van der Waals surface area contributed by atoms with E-state index in [0.717, 1.165) is 5.56 Å². The van der Waals surface area contributed by atoms with Gasteiger partial charge in [-0.2, -0.15) is 0 Å². The first kappa shape index (κ1) is 11.1. The Morgan fingerprint density at radius 3 is 2.73 bits per heavy atom. The number of rotatable bonds is 4. The number of carbonyl (C=O) groups is 1. The lowest BCUT2D eigenvalue weighted by atomic mass is 10.2. The Bertz CT molecular complexity index is 362. The second-order valence-electron chi connectivity index (χ2n) is 3.08. The number of aryl methyl sites for hydroxylation is 1. The molecule has 0 saturated heterocycles. The van der Waals surface area contributed by atoms with E-state index in [9.17, 15) is 4.79 Å². The minimum atomic E-state index is -0.214. The number of carbonyl (C=O) groups excluding carboxylic acids is 1. The summed E-state index contributed by atoms with van der Waals surface area (Å²) in [6.07, 6.45) is 5.00. The zero-order chi connectivity index (χ0) is 11.1. The maximum Gasteiger partial charge on any atom is 0.258 e. The van der Waals surface area contributed by atoms with Gasteiger partial charge in [0.2, 0.25) is 0 Å². The average Bonchev–Trinajstić information content (AvgIpc) is 2.25. The van der Waals surface area contributed by atoms with Gasteiger partial charge in [-0.25, -0.2) is 0 Å². The highest BCUT2D eigenvalue weighted by atomic mass is 16.5. The summed E-state index contributed by atoms with van der Waals surface area (Å²) in [5, 5.41) is 2.51. The highest BCUT2D eigenvalue weighted by Crippen LogP contribution is 2.10. The maximum absolute atomic E-state index is 11.1. The molecule has 0 fully saturated rings. The summed E-state index contributed by atoms with van der Waals surface area (Å²) in [6.45, 7) is 2.21. The number of nitrogens with one attached hydrogen (secondary N) is 1. The first-order chi connectivity index (χ1) is 7.22. The smallest absolute Gasteiger partial charge is 0.258 e. The molecule has 0 unspecified atom stereocenters. The third-order valence-electron chi connectivity index (χ3n) is 1.78. The van der Waals surface area contributed by atoms with Crippen LogP contribution in [0, 0.1) is 19.3 Å². The number of hydrogen-bond acceptors (Lipinski definition) is 2. The number of ether oxygens (including phenoxy) is 1. The van der Waals surface area contributed by atoms with Crippen LogP contribution in [0.25, 0.3) is 0 Å². The van der Waals surface area contributed by atoms with Gasteiger partial charge in [0.1, 0.15) is 5.75 Å². The molecule has 0 atom stereocenters. The van der Waals surface area contributed by atoms with E-state index >= 15 is 0 Å². The van der Waals surface area contributed by atoms with E-state index in [1.807, 2.05) is 31.2 Å². The molecule has 0 aliphatic rings. The molecule has 1 aromatic rings. The van der Waals surface area contributed by atoms with Gasteiger partial charge in [0, 0.05) is 0 Å². The van der Waals surface area contributed by atoms with Crippen molar-refractivity contribution in [3.63, 3.8) is 0 Å². The van der Waals surface area contributed by atoms with E-state index < -0.39 is 0 Å². The average molecular weight is 203 g/mol. The predicted octanol–water partition coefficient (Wildman–Crippen LogP) is 1.12. The van der Waals surface area contributed by atoms with Crippen molar-refractivity contribution < 1.29 is 9.53 Å². The molecule has 1 aromatic carbocycles. The molecule has 0 aliphatic heterocycles. The van der Waals surface area contributed by atoms with E-state index in [2.05, 4.69) is 11.2 Å². The van der Waals surface area contributed by atoms with Gasteiger partial charge in [0.05, 0.1) is 6.54 Å². The van der Waals surface area contributed by atoms with Gasteiger partial charge >= 0.3 is 0 Å². The number of amides is 1. The lowest BCUT2D eigenvalue weighted by Crippen LogP contribution is -2.28. The summed E-state index contributed by atoms with van der Waals surface area (Å²) >= 11 is 0. The summed E-state index contributed by atoms with van der Waals surface area (Å²) in [4.78, 5) is 11.1. The van der Waals surface area contributed by atoms with Crippen LogP contribution in [-0.2, 0) is 4.79 Å². The molecule has 0 bridgehead atoms. The molecule has 0 spiro atoms. The highest BCUT2D eigenvalue weighted by Gasteiger charge is 2.00. The molecule has 1 rings (SSSR count). The minimum Gasteiger partial charge on any atom is -0.484 e. The molecule has 0 heterocycles. The lowest BCUT2D eigenvalue weighted by Gasteiger charge is -2.05. The van der Waals surface area contributed by atoms with Gasteiger partial charge in [-0.1, -0.05) is 23.6 Å². The highest BCUT2D eigenvalue weighted by molar-refractivity contribution is 5.77. The summed E-state index contributed by atoms with van der Waals surface area (Å²) in [5.74, 6) is 2.78. The number of benzene rings is 1. The first-order valence-electron chi connectivity index (χ1n) is 4.62. The van der Waals surface area contributed by atoms with E-state index in [-0.39, 0.29) is 19.1 Å². The molecule has 0 saturated carbocycles. The Labute approximate surface area is 89.4 Å². The molecular weight excluding hydrogens is 190 g/mol. The molecule has 15 heavy (non-hydrogen) atoms. The van der Waals surface area contributed by atoms with Crippen LogP contribution in [-0.4, -0.2) is 19.1 Å². The molecule has 0 aromatic heterocycles. The number of hydrogen-bond donors (Lipinski definition) is 1. The van der Waals surface area contributed by atoms with Gasteiger partial charge < -0.3 is 10.1 Å². The van der Waals surface area contributed by atoms with E-state index in [1.165, 1.54) is 0 Å². The summed E-state index contributed by atoms with van der Waals surface area (Å²) in [7, 11) is 0. The molecule has 1 amide bonds. The Kier molecular flexibility index (Phi) is 4.24. The summed E-state index contributed by atoms with van der Waals surface area (Å²) in [5.41, 5.74) is 1.15. The van der Waals surface area contributed by atoms with Crippen molar-refractivity contribution in [3.05, 3.63) is 29.8 Å². The van der Waals surface area contributed by atoms with Gasteiger partial charge in [-0.3, -0.25) is 4.79 Å². The maximum atomic E-state index is 11.1. The zero-order valence-corrected chi connectivity index (χ0v) is 8.62. The summed E-state index contributed by atoms with van der Waals surface area (Å²) in [6, 6.07) is 7.50. The zero-order valence-electron chi connectivity index (χ0n) is 8.62. The Balaban J connectivity index is 2.34. The van der Waals surface area contributed by atoms with Crippen molar-refractivity contribution in [2.45, 2.75) is 6.92 Å². The SMILES string of the molecule is C#CCNC(=O)COc1ccc(C)cc1. The van der Waals surface area contributed by atoms with Gasteiger partial charge in [-0.15, -0.1) is 6.42 Å². The fraction of sp³-hybridized carbons (Fsp3) is 0.250. The van der Waals surface area contributed by atoms with E-state index in [4.69, 9.17) is 11.2 Å². The van der Waals surface area contributed by atoms with Gasteiger partial charge in [-0.05, 0) is 19.1 Å². The topological polar surface area (TPSA) is 38.3 Å². The molecule has 0 radical (unpaired) electrons. The fourth-order valence-corrected chi connectivity index (χ4v) is 0.984. The van der Waals surface area contributed by atoms with Crippen LogP contribution in [0.3, 0.4) is 0 Å². The molecule has 78 valence electrons. The van der Waals surface area contributed by atoms with Crippen LogP contribution < -0.4 is 10.1 Å². The van der Waals surface area contributed by atoms with Crippen molar-refractivity contribution in [3.8, 4) is 18.1 Å². The van der Waals surface area contributed by atoms with Crippen molar-refractivity contribution in [1.82, 2.24) is 5.32 Å². The van der Waals surface area contributed by atoms with Crippen LogP contribution in [0.15, 0.2) is 24.3 Å². The van der Waals surface area contributed by atoms with Crippen LogP contribution in [0.1, 0.15) is 5.56 Å². The van der Waals surface area contributed by atoms with Gasteiger partial charge in [0.15, 0.2) is 6.61 Å². The Morgan fingerprint density at radius 1 is 1.47 bits per heavy atom. The third-order valence-corrected chi connectivity index (χ3v) is 1.78. The monoisotopic (exact) mass is 203 g/mol. The Hall–Kier alpha value is -1.95. The quantitative estimate of drug-likeness (QED) is 0.745. The van der Waals surface area contributed by atoms with Gasteiger partial charge in [0.25, 0.3) is 5.91 Å². The van der Waals surface area contributed by atoms with Crippen LogP contribution in [0.4, 0.5) is 0 Å². The summed E-state index contributed by atoms with van der Waals surface area (Å²) < 4.78 is 5.24. The largest absolute Gasteiger partial charge is 0.484 e. The van der Waals surface area contributed by atoms with Crippen molar-refractivity contribution in [2.24, 2.45) is 0 Å². The molecule has 1 N–H and O–H groups in total. The van der Waals surface area contributed by atoms with Crippen molar-refractivity contribution in [2.75, 3.05) is 13.2 Å². The normalized spacial score (nSPS) is 9.07. The molecule has 3 nitrogen and oxygen atoms in total. The molecule has 0 aliphatic carbocycles. The molecular formula is C12H13NO2. The molecule has 3 heteroatoms. The van der Waals surface area contributed by atoms with E-state index in [0.29, 0.717) is 5.75 Å². The van der Waals surface area contributed by atoms with Crippen LogP contribution >= 0.6 is 0 Å². The minimum absolute atomic E-state index is 0.00919. The number of terminal acetylenes is 1. The van der Waals surface area contributed by atoms with E-state index in [1.54, 1.807) is 0 Å². The third kappa shape index (κ3) is 4.19. The second kappa shape index (κ2) is 5.71. The lowest BCUT2D eigenvalue weighted by molar-refractivity contribution is -0.122. The van der Waals surface area contributed by atoms with Crippen LogP contribution in [0.5, 0.6) is 5.75 Å². The second-order valence-corrected chi connectivity index (χ2v) is 3.08. The Morgan fingerprint density at radius 2 is 2.13 bits per heavy atom. The van der Waals surface area contributed by atoms with Crippen molar-refractivity contribution >= 4 is 5.91 Å². The predicted molar refractivity (Wildman–Crippen MR) is 58.5 cm³/mol. The first-order valence-corrected chi connectivity index (χ1v) is 4.62. The van der Waals surface area contributed by atoms with Crippen LogP contribution in [0.2, 0.25) is 0 Å². The fourth-order valence-electron chi connectivity index (χ4n) is 0.984. The standard InChI is InChI=1S/C12H13NO2/c1-3-8-13-12(14)9-15-11-6-4-10(2)5-7-11/h1,4-7H,8-9H2,2H3,(H,13,14).